The summed E-state index contributed by atoms with van der Waals surface area (Å²) >= 11 is 0. The summed E-state index contributed by atoms with van der Waals surface area (Å²) in [6.45, 7) is 0. The van der Waals surface area contributed by atoms with Gasteiger partial charge in [-0.1, -0.05) is 78.9 Å². The van der Waals surface area contributed by atoms with E-state index in [2.05, 4.69) is 4.98 Å². The Labute approximate surface area is 417 Å². The Hall–Kier alpha value is -8.68. The van der Waals surface area contributed by atoms with E-state index in [9.17, 15) is 52.7 Å². The Balaban J connectivity index is 1.24. The second kappa shape index (κ2) is 17.5. The number of hydrogen-bond donors (Lipinski definition) is 0. The van der Waals surface area contributed by atoms with Crippen LogP contribution >= 0.6 is 0 Å². The second-order valence-corrected chi connectivity index (χ2v) is 17.6. The van der Waals surface area contributed by atoms with Crippen LogP contribution in [0.1, 0.15) is 27.8 Å². The Morgan fingerprint density at radius 3 is 1.05 bits per heavy atom. The van der Waals surface area contributed by atoms with Crippen molar-refractivity contribution in [2.45, 2.75) is 30.9 Å². The predicted octanol–water partition coefficient (Wildman–Crippen LogP) is 17.8. The first-order chi connectivity index (χ1) is 35.8. The molecule has 8 aromatic carbocycles. The van der Waals surface area contributed by atoms with Crippen LogP contribution in [0.25, 0.3) is 100 Å². The van der Waals surface area contributed by atoms with E-state index in [1.54, 1.807) is 60.7 Å². The summed E-state index contributed by atoms with van der Waals surface area (Å²) in [5, 5.41) is -1.38. The van der Waals surface area contributed by atoms with Crippen molar-refractivity contribution in [2.24, 2.45) is 0 Å². The number of benzene rings is 8. The van der Waals surface area contributed by atoms with Crippen molar-refractivity contribution in [1.82, 2.24) is 24.1 Å². The third-order valence-electron chi connectivity index (χ3n) is 12.9. The highest BCUT2D eigenvalue weighted by Gasteiger charge is 2.40. The Kier molecular flexibility index (Phi) is 11.4. The molecule has 0 bridgehead atoms. The molecule has 382 valence electrons. The minimum Gasteiger partial charge on any atom is -0.309 e. The topological polar surface area (TPSA) is 48.5 Å². The average Bonchev–Trinajstić information content (AvgIpc) is 3.95. The Morgan fingerprint density at radius 2 is 0.671 bits per heavy atom. The van der Waals surface area contributed by atoms with E-state index in [4.69, 9.17) is 9.97 Å². The van der Waals surface area contributed by atoms with Gasteiger partial charge in [0.25, 0.3) is 0 Å². The molecule has 11 aromatic rings. The van der Waals surface area contributed by atoms with Crippen molar-refractivity contribution < 1.29 is 65.9 Å². The molecule has 0 N–H and O–H groups in total. The lowest BCUT2D eigenvalue weighted by Gasteiger charge is -2.22. The first kappa shape index (κ1) is 49.5. The van der Waals surface area contributed by atoms with E-state index in [0.717, 1.165) is 53.1 Å². The third-order valence-corrected chi connectivity index (χ3v) is 12.9. The molecule has 0 amide bonds. The van der Waals surface area contributed by atoms with Gasteiger partial charge in [-0.3, -0.25) is 0 Å². The van der Waals surface area contributed by atoms with Crippen molar-refractivity contribution in [3.63, 3.8) is 0 Å². The summed E-state index contributed by atoms with van der Waals surface area (Å²) in [7, 11) is 0. The van der Waals surface area contributed by atoms with Crippen LogP contribution in [-0.4, -0.2) is 24.1 Å². The zero-order valence-electron chi connectivity index (χ0n) is 38.1. The highest BCUT2D eigenvalue weighted by molar-refractivity contribution is 6.11. The highest BCUT2D eigenvalue weighted by atomic mass is 19.4. The molecule has 0 fully saturated rings. The van der Waals surface area contributed by atoms with Gasteiger partial charge < -0.3 is 9.13 Å². The van der Waals surface area contributed by atoms with E-state index in [0.29, 0.717) is 47.5 Å². The smallest absolute Gasteiger partial charge is 0.309 e. The molecule has 0 saturated heterocycles. The fourth-order valence-electron chi connectivity index (χ4n) is 9.56. The number of aromatic nitrogens is 5. The summed E-state index contributed by atoms with van der Waals surface area (Å²) < 4.78 is 221. The lowest BCUT2D eigenvalue weighted by molar-refractivity contribution is -0.138. The fourth-order valence-corrected chi connectivity index (χ4v) is 9.56. The van der Waals surface area contributed by atoms with E-state index in [1.807, 2.05) is 0 Å². The Bertz CT molecular complexity index is 3890. The van der Waals surface area contributed by atoms with Crippen LogP contribution in [0.2, 0.25) is 0 Å². The van der Waals surface area contributed by atoms with E-state index < -0.39 is 80.7 Å². The zero-order valence-corrected chi connectivity index (χ0v) is 38.1. The van der Waals surface area contributed by atoms with Crippen molar-refractivity contribution in [1.29, 1.82) is 0 Å². The van der Waals surface area contributed by atoms with E-state index >= 15 is 13.2 Å². The summed E-state index contributed by atoms with van der Waals surface area (Å²) in [6.07, 6.45) is -25.2. The lowest BCUT2D eigenvalue weighted by Crippen LogP contribution is -2.13. The van der Waals surface area contributed by atoms with Crippen molar-refractivity contribution in [2.75, 3.05) is 0 Å². The minimum absolute atomic E-state index is 0.00857. The van der Waals surface area contributed by atoms with E-state index in [1.165, 1.54) is 28.8 Å². The summed E-state index contributed by atoms with van der Waals surface area (Å²) in [5.74, 6) is -0.203. The number of rotatable bonds is 6. The van der Waals surface area contributed by atoms with Crippen LogP contribution in [0.5, 0.6) is 0 Å². The first-order valence-corrected chi connectivity index (χ1v) is 22.5. The van der Waals surface area contributed by atoms with Gasteiger partial charge in [0.1, 0.15) is 0 Å². The number of fused-ring (bicyclic) bond motifs is 6. The summed E-state index contributed by atoms with van der Waals surface area (Å²) in [5.41, 5.74) is -7.91. The van der Waals surface area contributed by atoms with Crippen LogP contribution in [0, 0.1) is 0 Å². The SMILES string of the molecule is FC(F)(F)c1ccc2c(c1)c1cc(C(F)(F)F)ccc1n2-c1ccc(-c2cccc(-n3c4ccc(C(F)(F)F)cc4c4cc(C(F)(F)F)ccc43)c2C(F)(F)F)c(-c2nc(-c3ccccc3)nc(-c3ccccc3)n2)c1. The predicted molar refractivity (Wildman–Crippen MR) is 255 cm³/mol. The van der Waals surface area contributed by atoms with Gasteiger partial charge in [-0.15, -0.1) is 0 Å². The molecule has 0 aliphatic rings. The molecule has 0 saturated carbocycles. The van der Waals surface area contributed by atoms with Crippen molar-refractivity contribution in [3.8, 4) is 56.7 Å². The van der Waals surface area contributed by atoms with Gasteiger partial charge >= 0.3 is 30.9 Å². The molecule has 76 heavy (non-hydrogen) atoms. The van der Waals surface area contributed by atoms with Gasteiger partial charge in [0.15, 0.2) is 17.5 Å². The largest absolute Gasteiger partial charge is 0.419 e. The third kappa shape index (κ3) is 8.69. The molecule has 5 nitrogen and oxygen atoms in total. The molecule has 3 heterocycles. The molecule has 11 rings (SSSR count). The Morgan fingerprint density at radius 1 is 0.289 bits per heavy atom. The minimum atomic E-state index is -5.36. The molecule has 0 unspecified atom stereocenters. The molecule has 0 aliphatic carbocycles. The summed E-state index contributed by atoms with van der Waals surface area (Å²) in [6, 6.07) is 32.8. The molecule has 0 radical (unpaired) electrons. The van der Waals surface area contributed by atoms with Crippen LogP contribution in [-0.2, 0) is 30.9 Å². The number of alkyl halides is 15. The average molecular weight is 1060 g/mol. The maximum Gasteiger partial charge on any atom is 0.419 e. The molecular formula is C56H28F15N5. The lowest BCUT2D eigenvalue weighted by atomic mass is 9.92. The van der Waals surface area contributed by atoms with Crippen LogP contribution < -0.4 is 0 Å². The second-order valence-electron chi connectivity index (χ2n) is 17.6. The highest BCUT2D eigenvalue weighted by Crippen LogP contribution is 2.48. The van der Waals surface area contributed by atoms with Gasteiger partial charge in [0.05, 0.1) is 55.6 Å². The zero-order chi connectivity index (χ0) is 53.9. The number of halogens is 15. The number of hydrogen-bond acceptors (Lipinski definition) is 3. The van der Waals surface area contributed by atoms with Gasteiger partial charge in [-0.05, 0) is 102 Å². The quantitative estimate of drug-likeness (QED) is 0.156. The monoisotopic (exact) mass is 1060 g/mol. The maximum absolute atomic E-state index is 16.3. The van der Waals surface area contributed by atoms with Crippen LogP contribution in [0.15, 0.2) is 170 Å². The van der Waals surface area contributed by atoms with Crippen molar-refractivity contribution in [3.05, 3.63) is 198 Å². The molecule has 20 heteroatoms. The normalized spacial score (nSPS) is 12.9. The van der Waals surface area contributed by atoms with Gasteiger partial charge in [-0.25, -0.2) is 15.0 Å². The van der Waals surface area contributed by atoms with Crippen LogP contribution in [0.3, 0.4) is 0 Å². The van der Waals surface area contributed by atoms with Crippen molar-refractivity contribution >= 4 is 43.6 Å². The maximum atomic E-state index is 16.3. The molecule has 0 atom stereocenters. The van der Waals surface area contributed by atoms with Gasteiger partial charge in [0.2, 0.25) is 0 Å². The standard InChI is InChI=1S/C56H28F15N5/c57-52(58,59)31-14-20-43-38(24-31)39-25-32(53(60,61)62)15-21-44(39)75(43)35-18-19-36(42(28-35)51-73-49(29-8-3-1-4-9-29)72-50(74-51)30-10-5-2-6-11-30)37-12-7-13-47(48(37)56(69,70)71)76-45-22-16-33(54(63,64)65)26-40(45)41-27-34(55(66,67)68)17-23-46(41)76/h1-28H. The molecule has 3 aromatic heterocycles. The van der Waals surface area contributed by atoms with E-state index in [-0.39, 0.29) is 67.1 Å². The molecular weight excluding hydrogens is 1030 g/mol. The fraction of sp³-hybridized carbons (Fsp3) is 0.0893. The number of nitrogens with zero attached hydrogens (tertiary/aromatic N) is 5. The first-order valence-electron chi connectivity index (χ1n) is 22.5. The molecule has 0 spiro atoms. The van der Waals surface area contributed by atoms with Gasteiger partial charge in [0, 0.05) is 43.9 Å². The summed E-state index contributed by atoms with van der Waals surface area (Å²) in [4.78, 5) is 14.2. The van der Waals surface area contributed by atoms with Gasteiger partial charge in [-0.2, -0.15) is 65.9 Å². The van der Waals surface area contributed by atoms with Crippen LogP contribution in [0.4, 0.5) is 65.9 Å². The molecule has 0 aliphatic heterocycles.